The van der Waals surface area contributed by atoms with Crippen LogP contribution in [0.1, 0.15) is 42.9 Å². The van der Waals surface area contributed by atoms with Crippen LogP contribution < -0.4 is 5.32 Å². The number of hydrogen-bond acceptors (Lipinski definition) is 3. The molecule has 17 heavy (non-hydrogen) atoms. The maximum atomic E-state index is 12.0. The second kappa shape index (κ2) is 5.00. The van der Waals surface area contributed by atoms with E-state index < -0.39 is 5.54 Å². The molecule has 1 N–H and O–H groups in total. The zero-order valence-corrected chi connectivity index (χ0v) is 10.7. The van der Waals surface area contributed by atoms with E-state index in [1.807, 2.05) is 20.8 Å². The summed E-state index contributed by atoms with van der Waals surface area (Å²) in [5.74, 6) is -0.252. The number of carbonyl (C=O) groups is 1. The highest BCUT2D eigenvalue weighted by Crippen LogP contribution is 2.15. The van der Waals surface area contributed by atoms with Crippen molar-refractivity contribution in [2.45, 2.75) is 39.2 Å². The molecule has 0 saturated carbocycles. The molecule has 5 heteroatoms. The van der Waals surface area contributed by atoms with Crippen molar-refractivity contribution in [3.05, 3.63) is 17.5 Å². The van der Waals surface area contributed by atoms with Gasteiger partial charge in [0.1, 0.15) is 11.2 Å². The number of nitriles is 1. The van der Waals surface area contributed by atoms with Gasteiger partial charge < -0.3 is 5.32 Å². The van der Waals surface area contributed by atoms with Gasteiger partial charge in [0, 0.05) is 7.05 Å². The number of nitrogens with zero attached hydrogens (tertiary/aromatic N) is 3. The zero-order chi connectivity index (χ0) is 13.1. The van der Waals surface area contributed by atoms with E-state index in [1.54, 1.807) is 13.1 Å². The highest BCUT2D eigenvalue weighted by molar-refractivity contribution is 5.93. The molecule has 0 radical (unpaired) electrons. The summed E-state index contributed by atoms with van der Waals surface area (Å²) < 4.78 is 1.53. The summed E-state index contributed by atoms with van der Waals surface area (Å²) in [5, 5.41) is 16.1. The first-order chi connectivity index (χ1) is 7.98. The van der Waals surface area contributed by atoms with Crippen molar-refractivity contribution in [1.82, 2.24) is 15.1 Å². The summed E-state index contributed by atoms with van der Waals surface area (Å²) in [6.07, 6.45) is 1.17. The van der Waals surface area contributed by atoms with Crippen LogP contribution in [0.2, 0.25) is 0 Å². The standard InChI is InChI=1S/C12H18N4O/c1-5-12(6-2,8-13)14-11(17)10-7-9(3)15-16(10)4/h7H,5-6H2,1-4H3,(H,14,17). The predicted octanol–water partition coefficient (Wildman–Crippen LogP) is 1.54. The van der Waals surface area contributed by atoms with Gasteiger partial charge in [0.25, 0.3) is 5.91 Å². The van der Waals surface area contributed by atoms with Crippen LogP contribution in [0.4, 0.5) is 0 Å². The van der Waals surface area contributed by atoms with Crippen molar-refractivity contribution in [3.8, 4) is 6.07 Å². The number of aryl methyl sites for hydroxylation is 2. The molecule has 0 spiro atoms. The van der Waals surface area contributed by atoms with E-state index in [0.29, 0.717) is 18.5 Å². The van der Waals surface area contributed by atoms with Crippen LogP contribution in [0, 0.1) is 18.3 Å². The van der Waals surface area contributed by atoms with Crippen LogP contribution >= 0.6 is 0 Å². The number of aromatic nitrogens is 2. The van der Waals surface area contributed by atoms with Crippen molar-refractivity contribution in [2.75, 3.05) is 0 Å². The van der Waals surface area contributed by atoms with Crippen molar-refractivity contribution in [2.24, 2.45) is 7.05 Å². The molecule has 1 aromatic rings. The van der Waals surface area contributed by atoms with E-state index in [1.165, 1.54) is 4.68 Å². The smallest absolute Gasteiger partial charge is 0.270 e. The van der Waals surface area contributed by atoms with Crippen LogP contribution in [0.5, 0.6) is 0 Å². The molecule has 0 aromatic carbocycles. The summed E-state index contributed by atoms with van der Waals surface area (Å²) >= 11 is 0. The molecule has 92 valence electrons. The molecular weight excluding hydrogens is 216 g/mol. The highest BCUT2D eigenvalue weighted by atomic mass is 16.2. The molecule has 0 fully saturated rings. The Labute approximate surface area is 101 Å². The van der Waals surface area contributed by atoms with Gasteiger partial charge in [-0.25, -0.2) is 0 Å². The van der Waals surface area contributed by atoms with Gasteiger partial charge >= 0.3 is 0 Å². The predicted molar refractivity (Wildman–Crippen MR) is 64.3 cm³/mol. The van der Waals surface area contributed by atoms with E-state index in [2.05, 4.69) is 16.5 Å². The van der Waals surface area contributed by atoms with Crippen LogP contribution in [-0.2, 0) is 7.05 Å². The van der Waals surface area contributed by atoms with Gasteiger partial charge in [-0.3, -0.25) is 9.48 Å². The molecule has 1 heterocycles. The van der Waals surface area contributed by atoms with Crippen molar-refractivity contribution in [3.63, 3.8) is 0 Å². The Morgan fingerprint density at radius 2 is 2.18 bits per heavy atom. The Balaban J connectivity index is 2.93. The van der Waals surface area contributed by atoms with E-state index in [-0.39, 0.29) is 5.91 Å². The van der Waals surface area contributed by atoms with E-state index in [9.17, 15) is 4.79 Å². The number of amides is 1. The Morgan fingerprint density at radius 3 is 2.53 bits per heavy atom. The third-order valence-corrected chi connectivity index (χ3v) is 3.01. The van der Waals surface area contributed by atoms with Gasteiger partial charge in [0.2, 0.25) is 0 Å². The fourth-order valence-electron chi connectivity index (χ4n) is 1.72. The number of rotatable bonds is 4. The molecule has 0 bridgehead atoms. The van der Waals surface area contributed by atoms with Gasteiger partial charge in [-0.05, 0) is 25.8 Å². The molecule has 1 rings (SSSR count). The lowest BCUT2D eigenvalue weighted by Crippen LogP contribution is -2.46. The summed E-state index contributed by atoms with van der Waals surface area (Å²) in [4.78, 5) is 12.0. The third kappa shape index (κ3) is 2.64. The Kier molecular flexibility index (Phi) is 3.89. The van der Waals surface area contributed by atoms with Crippen molar-refractivity contribution < 1.29 is 4.79 Å². The quantitative estimate of drug-likeness (QED) is 0.859. The minimum absolute atomic E-state index is 0.252. The second-order valence-electron chi connectivity index (χ2n) is 4.15. The molecule has 0 saturated heterocycles. The average Bonchev–Trinajstić information content (AvgIpc) is 2.65. The fraction of sp³-hybridized carbons (Fsp3) is 0.583. The molecule has 0 aliphatic rings. The first-order valence-corrected chi connectivity index (χ1v) is 5.72. The number of nitrogens with one attached hydrogen (secondary N) is 1. The molecule has 0 atom stereocenters. The summed E-state index contributed by atoms with van der Waals surface area (Å²) in [6, 6.07) is 3.89. The van der Waals surface area contributed by atoms with Crippen LogP contribution in [0.3, 0.4) is 0 Å². The first-order valence-electron chi connectivity index (χ1n) is 5.72. The Morgan fingerprint density at radius 1 is 1.59 bits per heavy atom. The summed E-state index contributed by atoms with van der Waals surface area (Å²) in [7, 11) is 1.72. The summed E-state index contributed by atoms with van der Waals surface area (Å²) in [6.45, 7) is 5.61. The van der Waals surface area contributed by atoms with Crippen LogP contribution in [-0.4, -0.2) is 21.2 Å². The van der Waals surface area contributed by atoms with Gasteiger partial charge in [0.05, 0.1) is 11.8 Å². The Hall–Kier alpha value is -1.83. The maximum absolute atomic E-state index is 12.0. The van der Waals surface area contributed by atoms with Gasteiger partial charge in [0.15, 0.2) is 0 Å². The van der Waals surface area contributed by atoms with Gasteiger partial charge in [-0.15, -0.1) is 0 Å². The van der Waals surface area contributed by atoms with Crippen molar-refractivity contribution >= 4 is 5.91 Å². The van der Waals surface area contributed by atoms with E-state index in [4.69, 9.17) is 5.26 Å². The third-order valence-electron chi connectivity index (χ3n) is 3.01. The molecule has 0 aliphatic carbocycles. The second-order valence-corrected chi connectivity index (χ2v) is 4.15. The SMILES string of the molecule is CCC(C#N)(CC)NC(=O)c1cc(C)nn1C. The molecule has 5 nitrogen and oxygen atoms in total. The van der Waals surface area contributed by atoms with Crippen LogP contribution in [0.15, 0.2) is 6.07 Å². The highest BCUT2D eigenvalue weighted by Gasteiger charge is 2.29. The average molecular weight is 234 g/mol. The largest absolute Gasteiger partial charge is 0.332 e. The molecule has 0 aliphatic heterocycles. The van der Waals surface area contributed by atoms with E-state index >= 15 is 0 Å². The number of hydrogen-bond donors (Lipinski definition) is 1. The topological polar surface area (TPSA) is 70.7 Å². The maximum Gasteiger partial charge on any atom is 0.270 e. The normalized spacial score (nSPS) is 11.0. The number of carbonyl (C=O) groups excluding carboxylic acids is 1. The molecular formula is C12H18N4O. The lowest BCUT2D eigenvalue weighted by Gasteiger charge is -2.24. The summed E-state index contributed by atoms with van der Waals surface area (Å²) in [5.41, 5.74) is 0.479. The van der Waals surface area contributed by atoms with E-state index in [0.717, 1.165) is 5.69 Å². The molecule has 0 unspecified atom stereocenters. The first kappa shape index (κ1) is 13.2. The lowest BCUT2D eigenvalue weighted by atomic mass is 9.94. The minimum atomic E-state index is -0.782. The van der Waals surface area contributed by atoms with Crippen LogP contribution in [0.25, 0.3) is 0 Å². The Bertz CT molecular complexity index is 452. The zero-order valence-electron chi connectivity index (χ0n) is 10.7. The van der Waals surface area contributed by atoms with Gasteiger partial charge in [-0.1, -0.05) is 13.8 Å². The lowest BCUT2D eigenvalue weighted by molar-refractivity contribution is 0.0906. The molecule has 1 amide bonds. The van der Waals surface area contributed by atoms with Gasteiger partial charge in [-0.2, -0.15) is 10.4 Å². The van der Waals surface area contributed by atoms with Crippen molar-refractivity contribution in [1.29, 1.82) is 5.26 Å². The minimum Gasteiger partial charge on any atom is -0.332 e. The molecule has 1 aromatic heterocycles. The monoisotopic (exact) mass is 234 g/mol. The fourth-order valence-corrected chi connectivity index (χ4v) is 1.72.